The molecule has 0 saturated carbocycles. The summed E-state index contributed by atoms with van der Waals surface area (Å²) in [6, 6.07) is 2.96. The van der Waals surface area contributed by atoms with Gasteiger partial charge >= 0.3 is 0 Å². The fourth-order valence-electron chi connectivity index (χ4n) is 1.77. The van der Waals surface area contributed by atoms with Crippen molar-refractivity contribution in [2.75, 3.05) is 20.8 Å². The standard InChI is InChI=1S/C15H21ClN2O4/c1-15(2,3)18-12(19)8-17-14(20)9-6-10(16)13(22-5)11(7-9)21-4/h6-7H,8H2,1-5H3,(H,17,20)(H,18,19). The number of halogens is 1. The van der Waals surface area contributed by atoms with Crippen LogP contribution in [0.1, 0.15) is 31.1 Å². The zero-order chi connectivity index (χ0) is 16.9. The summed E-state index contributed by atoms with van der Waals surface area (Å²) in [4.78, 5) is 23.8. The molecule has 1 aromatic rings. The predicted octanol–water partition coefficient (Wildman–Crippen LogP) is 2.00. The molecule has 0 aliphatic carbocycles. The van der Waals surface area contributed by atoms with Gasteiger partial charge in [0, 0.05) is 11.1 Å². The molecular weight excluding hydrogens is 308 g/mol. The number of hydrogen-bond donors (Lipinski definition) is 2. The van der Waals surface area contributed by atoms with E-state index in [0.717, 1.165) is 0 Å². The topological polar surface area (TPSA) is 76.7 Å². The van der Waals surface area contributed by atoms with Crippen LogP contribution < -0.4 is 20.1 Å². The van der Waals surface area contributed by atoms with Crippen molar-refractivity contribution in [1.29, 1.82) is 0 Å². The van der Waals surface area contributed by atoms with Gasteiger partial charge in [0.05, 0.1) is 25.8 Å². The molecule has 0 aliphatic heterocycles. The number of nitrogens with one attached hydrogen (secondary N) is 2. The number of benzene rings is 1. The van der Waals surface area contributed by atoms with E-state index in [4.69, 9.17) is 21.1 Å². The second-order valence-corrected chi connectivity index (χ2v) is 6.08. The van der Waals surface area contributed by atoms with Gasteiger partial charge in [-0.05, 0) is 32.9 Å². The maximum atomic E-state index is 12.1. The summed E-state index contributed by atoms with van der Waals surface area (Å²) in [7, 11) is 2.91. The maximum Gasteiger partial charge on any atom is 0.251 e. The Morgan fingerprint density at radius 1 is 1.18 bits per heavy atom. The molecule has 6 nitrogen and oxygen atoms in total. The van der Waals surface area contributed by atoms with Crippen molar-refractivity contribution in [2.24, 2.45) is 0 Å². The summed E-state index contributed by atoms with van der Waals surface area (Å²) in [5.41, 5.74) is -0.0692. The highest BCUT2D eigenvalue weighted by Gasteiger charge is 2.17. The molecule has 0 unspecified atom stereocenters. The molecule has 0 atom stereocenters. The molecule has 22 heavy (non-hydrogen) atoms. The number of ether oxygens (including phenoxy) is 2. The lowest BCUT2D eigenvalue weighted by Gasteiger charge is -2.20. The monoisotopic (exact) mass is 328 g/mol. The van der Waals surface area contributed by atoms with Crippen LogP contribution in [-0.4, -0.2) is 38.1 Å². The third-order valence-corrected chi connectivity index (χ3v) is 2.90. The van der Waals surface area contributed by atoms with Gasteiger partial charge < -0.3 is 20.1 Å². The van der Waals surface area contributed by atoms with Crippen molar-refractivity contribution in [1.82, 2.24) is 10.6 Å². The summed E-state index contributed by atoms with van der Waals surface area (Å²) in [5, 5.41) is 5.54. The number of rotatable bonds is 5. The lowest BCUT2D eigenvalue weighted by molar-refractivity contribution is -0.121. The van der Waals surface area contributed by atoms with E-state index < -0.39 is 5.91 Å². The van der Waals surface area contributed by atoms with E-state index >= 15 is 0 Å². The second-order valence-electron chi connectivity index (χ2n) is 5.67. The molecule has 0 aliphatic rings. The lowest BCUT2D eigenvalue weighted by atomic mass is 10.1. The van der Waals surface area contributed by atoms with Crippen LogP contribution in [0.4, 0.5) is 0 Å². The fourth-order valence-corrected chi connectivity index (χ4v) is 2.06. The third-order valence-electron chi connectivity index (χ3n) is 2.62. The number of amides is 2. The summed E-state index contributed by atoms with van der Waals surface area (Å²) in [6.45, 7) is 5.46. The summed E-state index contributed by atoms with van der Waals surface area (Å²) in [5.74, 6) is 0.00446. The largest absolute Gasteiger partial charge is 0.493 e. The molecule has 0 aromatic heterocycles. The number of carbonyl (C=O) groups is 2. The van der Waals surface area contributed by atoms with Crippen LogP contribution in [0.3, 0.4) is 0 Å². The van der Waals surface area contributed by atoms with Crippen LogP contribution >= 0.6 is 11.6 Å². The predicted molar refractivity (Wildman–Crippen MR) is 84.8 cm³/mol. The van der Waals surface area contributed by atoms with Crippen LogP contribution in [-0.2, 0) is 4.79 Å². The van der Waals surface area contributed by atoms with Gasteiger partial charge in [-0.3, -0.25) is 9.59 Å². The smallest absolute Gasteiger partial charge is 0.251 e. The summed E-state index contributed by atoms with van der Waals surface area (Å²) in [6.07, 6.45) is 0. The number of carbonyl (C=O) groups excluding carboxylic acids is 2. The Hall–Kier alpha value is -1.95. The van der Waals surface area contributed by atoms with Gasteiger partial charge in [-0.1, -0.05) is 11.6 Å². The Kier molecular flexibility index (Phi) is 6.05. The van der Waals surface area contributed by atoms with Crippen LogP contribution in [0.5, 0.6) is 11.5 Å². The van der Waals surface area contributed by atoms with E-state index in [1.54, 1.807) is 0 Å². The van der Waals surface area contributed by atoms with Crippen LogP contribution in [0.25, 0.3) is 0 Å². The second kappa shape index (κ2) is 7.35. The van der Waals surface area contributed by atoms with E-state index in [1.807, 2.05) is 20.8 Å². The normalized spacial score (nSPS) is 10.8. The van der Waals surface area contributed by atoms with Gasteiger partial charge in [0.15, 0.2) is 11.5 Å². The van der Waals surface area contributed by atoms with Gasteiger partial charge in [0.25, 0.3) is 5.91 Å². The molecule has 1 aromatic carbocycles. The minimum Gasteiger partial charge on any atom is -0.493 e. The van der Waals surface area contributed by atoms with Gasteiger partial charge in [-0.2, -0.15) is 0 Å². The zero-order valence-electron chi connectivity index (χ0n) is 13.4. The van der Waals surface area contributed by atoms with Crippen molar-refractivity contribution in [2.45, 2.75) is 26.3 Å². The highest BCUT2D eigenvalue weighted by atomic mass is 35.5. The van der Waals surface area contributed by atoms with Gasteiger partial charge in [-0.25, -0.2) is 0 Å². The highest BCUT2D eigenvalue weighted by molar-refractivity contribution is 6.32. The molecule has 0 bridgehead atoms. The molecule has 2 N–H and O–H groups in total. The molecule has 2 amide bonds. The quantitative estimate of drug-likeness (QED) is 0.866. The Bertz CT molecular complexity index is 567. The third kappa shape index (κ3) is 5.11. The Morgan fingerprint density at radius 2 is 1.82 bits per heavy atom. The van der Waals surface area contributed by atoms with E-state index in [1.165, 1.54) is 26.4 Å². The first-order chi connectivity index (χ1) is 10.2. The molecule has 0 radical (unpaired) electrons. The molecule has 1 rings (SSSR count). The molecule has 0 saturated heterocycles. The average Bonchev–Trinajstić information content (AvgIpc) is 2.41. The molecule has 7 heteroatoms. The van der Waals surface area contributed by atoms with Gasteiger partial charge in [-0.15, -0.1) is 0 Å². The van der Waals surface area contributed by atoms with Crippen molar-refractivity contribution >= 4 is 23.4 Å². The first-order valence-electron chi connectivity index (χ1n) is 6.68. The molecule has 0 spiro atoms. The van der Waals surface area contributed by atoms with E-state index in [9.17, 15) is 9.59 Å². The highest BCUT2D eigenvalue weighted by Crippen LogP contribution is 2.35. The van der Waals surface area contributed by atoms with Gasteiger partial charge in [0.2, 0.25) is 5.91 Å². The van der Waals surface area contributed by atoms with E-state index in [0.29, 0.717) is 11.5 Å². The van der Waals surface area contributed by atoms with Crippen LogP contribution in [0, 0.1) is 0 Å². The van der Waals surface area contributed by atoms with Gasteiger partial charge in [0.1, 0.15) is 0 Å². The molecule has 0 fully saturated rings. The number of hydrogen-bond acceptors (Lipinski definition) is 4. The molecule has 122 valence electrons. The zero-order valence-corrected chi connectivity index (χ0v) is 14.1. The van der Waals surface area contributed by atoms with Crippen molar-refractivity contribution in [3.63, 3.8) is 0 Å². The minimum atomic E-state index is -0.424. The van der Waals surface area contributed by atoms with Crippen LogP contribution in [0.15, 0.2) is 12.1 Å². The Balaban J connectivity index is 2.78. The minimum absolute atomic E-state index is 0.123. The van der Waals surface area contributed by atoms with Crippen molar-refractivity contribution in [3.8, 4) is 11.5 Å². The van der Waals surface area contributed by atoms with Crippen molar-refractivity contribution < 1.29 is 19.1 Å². The van der Waals surface area contributed by atoms with Crippen LogP contribution in [0.2, 0.25) is 5.02 Å². The van der Waals surface area contributed by atoms with Crippen molar-refractivity contribution in [3.05, 3.63) is 22.7 Å². The van der Waals surface area contributed by atoms with E-state index in [-0.39, 0.29) is 28.6 Å². The average molecular weight is 329 g/mol. The Morgan fingerprint density at radius 3 is 2.32 bits per heavy atom. The fraction of sp³-hybridized carbons (Fsp3) is 0.467. The SMILES string of the molecule is COc1cc(C(=O)NCC(=O)NC(C)(C)C)cc(Cl)c1OC. The maximum absolute atomic E-state index is 12.1. The lowest BCUT2D eigenvalue weighted by Crippen LogP contribution is -2.45. The molecular formula is C15H21ClN2O4. The summed E-state index contributed by atoms with van der Waals surface area (Å²) >= 11 is 6.04. The molecule has 0 heterocycles. The number of methoxy groups -OCH3 is 2. The first kappa shape index (κ1) is 18.1. The summed E-state index contributed by atoms with van der Waals surface area (Å²) < 4.78 is 10.2. The van der Waals surface area contributed by atoms with E-state index in [2.05, 4.69) is 10.6 Å². The Labute approximate surface area is 135 Å². The first-order valence-corrected chi connectivity index (χ1v) is 7.06.